The Kier molecular flexibility index (Phi) is 4.30. The highest BCUT2D eigenvalue weighted by molar-refractivity contribution is 7.99. The molecule has 0 spiro atoms. The van der Waals surface area contributed by atoms with E-state index < -0.39 is 0 Å². The van der Waals surface area contributed by atoms with Gasteiger partial charge in [0.05, 0.1) is 0 Å². The van der Waals surface area contributed by atoms with Crippen LogP contribution >= 0.6 is 11.8 Å². The Labute approximate surface area is 103 Å². The maximum absolute atomic E-state index is 3.60. The number of nitrogens with one attached hydrogen (secondary N) is 1. The minimum Gasteiger partial charge on any atom is -0.313 e. The lowest BCUT2D eigenvalue weighted by atomic mass is 10.1. The van der Waals surface area contributed by atoms with E-state index in [2.05, 4.69) is 37.4 Å². The van der Waals surface area contributed by atoms with Crippen LogP contribution in [-0.2, 0) is 0 Å². The van der Waals surface area contributed by atoms with E-state index in [4.69, 9.17) is 0 Å². The molecule has 0 amide bonds. The molecule has 1 aliphatic rings. The van der Waals surface area contributed by atoms with Gasteiger partial charge in [0.25, 0.3) is 0 Å². The lowest BCUT2D eigenvalue weighted by Gasteiger charge is -2.23. The Balaban J connectivity index is 1.90. The molecular formula is C14H21NS. The lowest BCUT2D eigenvalue weighted by molar-refractivity contribution is 0.430. The monoisotopic (exact) mass is 235 g/mol. The van der Waals surface area contributed by atoms with Crippen LogP contribution in [0, 0.1) is 13.8 Å². The number of benzene rings is 1. The van der Waals surface area contributed by atoms with Crippen molar-refractivity contribution in [2.24, 2.45) is 0 Å². The predicted molar refractivity (Wildman–Crippen MR) is 72.3 cm³/mol. The fraction of sp³-hybridized carbons (Fsp3) is 0.571. The highest BCUT2D eigenvalue weighted by Crippen LogP contribution is 2.25. The molecule has 0 aliphatic carbocycles. The zero-order chi connectivity index (χ0) is 11.4. The van der Waals surface area contributed by atoms with Crippen LogP contribution in [0.5, 0.6) is 0 Å². The summed E-state index contributed by atoms with van der Waals surface area (Å²) in [6.45, 7) is 5.58. The third-order valence-corrected chi connectivity index (χ3v) is 4.52. The average molecular weight is 235 g/mol. The highest BCUT2D eigenvalue weighted by Gasteiger charge is 2.12. The van der Waals surface area contributed by atoms with Crippen LogP contribution in [0.3, 0.4) is 0 Å². The quantitative estimate of drug-likeness (QED) is 0.804. The van der Waals surface area contributed by atoms with Gasteiger partial charge in [-0.15, -0.1) is 11.8 Å². The molecule has 1 atom stereocenters. The van der Waals surface area contributed by atoms with Gasteiger partial charge in [-0.2, -0.15) is 0 Å². The molecule has 0 bridgehead atoms. The van der Waals surface area contributed by atoms with Crippen LogP contribution in [-0.4, -0.2) is 18.3 Å². The third-order valence-electron chi connectivity index (χ3n) is 3.20. The van der Waals surface area contributed by atoms with Crippen LogP contribution in [0.15, 0.2) is 23.1 Å². The second-order valence-electron chi connectivity index (χ2n) is 4.73. The van der Waals surface area contributed by atoms with Crippen molar-refractivity contribution >= 4 is 11.8 Å². The Morgan fingerprint density at radius 2 is 2.19 bits per heavy atom. The molecule has 0 saturated carbocycles. The molecule has 1 aromatic rings. The standard InChI is InChI=1S/C14H21NS/c1-11-6-7-12(2)14(9-11)16-10-13-5-3-4-8-15-13/h6-7,9,13,15H,3-5,8,10H2,1-2H3. The zero-order valence-corrected chi connectivity index (χ0v) is 11.1. The van der Waals surface area contributed by atoms with Crippen molar-refractivity contribution in [2.45, 2.75) is 44.0 Å². The number of rotatable bonds is 3. The summed E-state index contributed by atoms with van der Waals surface area (Å²) in [5.41, 5.74) is 2.77. The molecule has 0 aromatic heterocycles. The summed E-state index contributed by atoms with van der Waals surface area (Å²) in [4.78, 5) is 1.45. The SMILES string of the molecule is Cc1ccc(C)c(SCC2CCCCN2)c1. The van der Waals surface area contributed by atoms with Gasteiger partial charge in [0, 0.05) is 16.7 Å². The van der Waals surface area contributed by atoms with Crippen molar-refractivity contribution in [3.63, 3.8) is 0 Å². The number of thioether (sulfide) groups is 1. The second kappa shape index (κ2) is 5.74. The Bertz CT molecular complexity index is 343. The maximum Gasteiger partial charge on any atom is 0.0161 e. The Morgan fingerprint density at radius 3 is 2.94 bits per heavy atom. The first-order chi connectivity index (χ1) is 7.75. The van der Waals surface area contributed by atoms with Crippen molar-refractivity contribution in [2.75, 3.05) is 12.3 Å². The van der Waals surface area contributed by atoms with E-state index in [-0.39, 0.29) is 0 Å². The summed E-state index contributed by atoms with van der Waals surface area (Å²) in [5.74, 6) is 1.21. The van der Waals surface area contributed by atoms with Gasteiger partial charge in [-0.25, -0.2) is 0 Å². The summed E-state index contributed by atoms with van der Waals surface area (Å²) in [7, 11) is 0. The maximum atomic E-state index is 3.60. The van der Waals surface area contributed by atoms with Crippen molar-refractivity contribution in [3.8, 4) is 0 Å². The van der Waals surface area contributed by atoms with Gasteiger partial charge in [-0.3, -0.25) is 0 Å². The summed E-state index contributed by atoms with van der Waals surface area (Å²) in [5, 5.41) is 3.60. The summed E-state index contributed by atoms with van der Waals surface area (Å²) < 4.78 is 0. The molecule has 2 heteroatoms. The Morgan fingerprint density at radius 1 is 1.31 bits per heavy atom. The van der Waals surface area contributed by atoms with Crippen LogP contribution in [0.2, 0.25) is 0 Å². The first kappa shape index (κ1) is 12.0. The molecule has 1 nitrogen and oxygen atoms in total. The van der Waals surface area contributed by atoms with E-state index in [1.54, 1.807) is 0 Å². The fourth-order valence-corrected chi connectivity index (χ4v) is 3.35. The minimum atomic E-state index is 0.721. The van der Waals surface area contributed by atoms with E-state index in [1.165, 1.54) is 47.6 Å². The van der Waals surface area contributed by atoms with Gasteiger partial charge in [-0.1, -0.05) is 24.1 Å². The molecule has 16 heavy (non-hydrogen) atoms. The van der Waals surface area contributed by atoms with Gasteiger partial charge in [0.15, 0.2) is 0 Å². The second-order valence-corrected chi connectivity index (χ2v) is 5.79. The summed E-state index contributed by atoms with van der Waals surface area (Å²) in [6, 6.07) is 7.45. The molecular weight excluding hydrogens is 214 g/mol. The van der Waals surface area contributed by atoms with Crippen molar-refractivity contribution < 1.29 is 0 Å². The van der Waals surface area contributed by atoms with E-state index in [0.29, 0.717) is 0 Å². The molecule has 1 heterocycles. The van der Waals surface area contributed by atoms with E-state index in [9.17, 15) is 0 Å². The van der Waals surface area contributed by atoms with Gasteiger partial charge in [0.1, 0.15) is 0 Å². The molecule has 0 radical (unpaired) electrons. The van der Waals surface area contributed by atoms with Crippen molar-refractivity contribution in [1.82, 2.24) is 5.32 Å². The Hall–Kier alpha value is -0.470. The largest absolute Gasteiger partial charge is 0.313 e. The van der Waals surface area contributed by atoms with Crippen molar-refractivity contribution in [1.29, 1.82) is 0 Å². The summed E-state index contributed by atoms with van der Waals surface area (Å²) in [6.07, 6.45) is 4.09. The first-order valence-corrected chi connectivity index (χ1v) is 7.18. The van der Waals surface area contributed by atoms with Gasteiger partial charge >= 0.3 is 0 Å². The topological polar surface area (TPSA) is 12.0 Å². The molecule has 1 fully saturated rings. The van der Waals surface area contributed by atoms with Gasteiger partial charge in [-0.05, 0) is 44.9 Å². The molecule has 1 N–H and O–H groups in total. The number of hydrogen-bond donors (Lipinski definition) is 1. The third kappa shape index (κ3) is 3.26. The summed E-state index contributed by atoms with van der Waals surface area (Å²) >= 11 is 2.01. The van der Waals surface area contributed by atoms with E-state index in [0.717, 1.165) is 6.04 Å². The lowest BCUT2D eigenvalue weighted by Crippen LogP contribution is -2.35. The average Bonchev–Trinajstić information content (AvgIpc) is 2.32. The van der Waals surface area contributed by atoms with E-state index >= 15 is 0 Å². The number of hydrogen-bond acceptors (Lipinski definition) is 2. The minimum absolute atomic E-state index is 0.721. The fourth-order valence-electron chi connectivity index (χ4n) is 2.12. The molecule has 1 aliphatic heterocycles. The first-order valence-electron chi connectivity index (χ1n) is 6.19. The molecule has 1 saturated heterocycles. The van der Waals surface area contributed by atoms with Gasteiger partial charge < -0.3 is 5.32 Å². The molecule has 88 valence electrons. The van der Waals surface area contributed by atoms with E-state index in [1.807, 2.05) is 11.8 Å². The molecule has 1 aromatic carbocycles. The molecule has 2 rings (SSSR count). The van der Waals surface area contributed by atoms with Crippen molar-refractivity contribution in [3.05, 3.63) is 29.3 Å². The zero-order valence-electron chi connectivity index (χ0n) is 10.3. The van der Waals surface area contributed by atoms with Crippen LogP contribution < -0.4 is 5.32 Å². The number of aryl methyl sites for hydroxylation is 2. The predicted octanol–water partition coefficient (Wildman–Crippen LogP) is 3.54. The molecule has 1 unspecified atom stereocenters. The highest BCUT2D eigenvalue weighted by atomic mass is 32.2. The van der Waals surface area contributed by atoms with Crippen LogP contribution in [0.4, 0.5) is 0 Å². The normalized spacial score (nSPS) is 21.0. The number of piperidine rings is 1. The van der Waals surface area contributed by atoms with Crippen LogP contribution in [0.25, 0.3) is 0 Å². The van der Waals surface area contributed by atoms with Gasteiger partial charge in [0.2, 0.25) is 0 Å². The van der Waals surface area contributed by atoms with Crippen LogP contribution in [0.1, 0.15) is 30.4 Å². The smallest absolute Gasteiger partial charge is 0.0161 e.